The van der Waals surface area contributed by atoms with E-state index in [4.69, 9.17) is 0 Å². The van der Waals surface area contributed by atoms with E-state index in [1.807, 2.05) is 11.3 Å². The molecule has 1 atom stereocenters. The maximum atomic E-state index is 3.85. The molecule has 104 valence electrons. The van der Waals surface area contributed by atoms with Crippen LogP contribution in [0.2, 0.25) is 0 Å². The van der Waals surface area contributed by atoms with Crippen LogP contribution in [0.1, 0.15) is 50.3 Å². The van der Waals surface area contributed by atoms with Crippen molar-refractivity contribution in [3.05, 3.63) is 22.4 Å². The van der Waals surface area contributed by atoms with E-state index in [9.17, 15) is 0 Å². The van der Waals surface area contributed by atoms with Gasteiger partial charge in [0.05, 0.1) is 0 Å². The Morgan fingerprint density at radius 3 is 2.37 bits per heavy atom. The molecule has 0 unspecified atom stereocenters. The first-order chi connectivity index (χ1) is 9.23. The van der Waals surface area contributed by atoms with Gasteiger partial charge in [0.25, 0.3) is 0 Å². The minimum atomic E-state index is 0.645. The summed E-state index contributed by atoms with van der Waals surface area (Å²) in [6.45, 7) is 3.53. The highest BCUT2D eigenvalue weighted by Crippen LogP contribution is 2.61. The molecule has 0 aliphatic heterocycles. The number of thiophene rings is 1. The average Bonchev–Trinajstić information content (AvgIpc) is 2.87. The second-order valence-electron chi connectivity index (χ2n) is 7.46. The molecule has 1 heterocycles. The Kier molecular flexibility index (Phi) is 3.00. The minimum Gasteiger partial charge on any atom is -0.309 e. The molecule has 1 N–H and O–H groups in total. The van der Waals surface area contributed by atoms with Gasteiger partial charge in [-0.15, -0.1) is 11.3 Å². The fourth-order valence-corrected chi connectivity index (χ4v) is 6.25. The van der Waals surface area contributed by atoms with Gasteiger partial charge in [0, 0.05) is 17.5 Å². The Morgan fingerprint density at radius 1 is 1.21 bits per heavy atom. The Bertz CT molecular complexity index is 401. The first-order valence-electron chi connectivity index (χ1n) is 7.99. The number of hydrogen-bond acceptors (Lipinski definition) is 2. The molecule has 2 heteroatoms. The summed E-state index contributed by atoms with van der Waals surface area (Å²) in [5, 5.41) is 6.04. The molecule has 0 aromatic carbocycles. The lowest BCUT2D eigenvalue weighted by Gasteiger charge is -2.59. The van der Waals surface area contributed by atoms with Crippen molar-refractivity contribution in [1.82, 2.24) is 5.32 Å². The van der Waals surface area contributed by atoms with E-state index in [-0.39, 0.29) is 0 Å². The normalized spacial score (nSPS) is 41.6. The van der Waals surface area contributed by atoms with E-state index in [1.54, 1.807) is 19.3 Å². The molecule has 4 saturated carbocycles. The lowest BCUT2D eigenvalue weighted by molar-refractivity contribution is -0.0706. The van der Waals surface area contributed by atoms with Gasteiger partial charge in [-0.2, -0.15) is 0 Å². The summed E-state index contributed by atoms with van der Waals surface area (Å²) in [4.78, 5) is 1.48. The van der Waals surface area contributed by atoms with Gasteiger partial charge in [-0.25, -0.2) is 0 Å². The van der Waals surface area contributed by atoms with Crippen molar-refractivity contribution < 1.29 is 0 Å². The Hall–Kier alpha value is -0.340. The van der Waals surface area contributed by atoms with Crippen LogP contribution in [-0.4, -0.2) is 6.04 Å². The summed E-state index contributed by atoms with van der Waals surface area (Å²) in [5.41, 5.74) is 0.645. The first kappa shape index (κ1) is 12.4. The van der Waals surface area contributed by atoms with Crippen LogP contribution in [0, 0.1) is 23.2 Å². The van der Waals surface area contributed by atoms with Crippen LogP contribution in [0.3, 0.4) is 0 Å². The molecule has 1 aromatic heterocycles. The molecule has 1 aromatic rings. The molecule has 4 aliphatic rings. The maximum absolute atomic E-state index is 3.85. The predicted octanol–water partition coefficient (Wildman–Crippen LogP) is 4.44. The summed E-state index contributed by atoms with van der Waals surface area (Å²) >= 11 is 1.88. The number of rotatable bonds is 4. The van der Waals surface area contributed by atoms with Crippen LogP contribution in [0.15, 0.2) is 17.5 Å². The summed E-state index contributed by atoms with van der Waals surface area (Å²) in [7, 11) is 0. The molecule has 1 nitrogen and oxygen atoms in total. The highest BCUT2D eigenvalue weighted by atomic mass is 32.1. The monoisotopic (exact) mass is 275 g/mol. The van der Waals surface area contributed by atoms with Crippen molar-refractivity contribution >= 4 is 11.3 Å². The molecule has 0 saturated heterocycles. The predicted molar refractivity (Wildman–Crippen MR) is 81.2 cm³/mol. The standard InChI is InChI=1S/C17H25NS/c1-12(18-11-16-3-2-4-19-16)17-8-13-5-14(9-17)7-15(6-13)10-17/h2-4,12-15,18H,5-11H2,1H3/t12-,13?,14?,15?,17?/m0/s1. The zero-order valence-corrected chi connectivity index (χ0v) is 12.7. The first-order valence-corrected chi connectivity index (χ1v) is 8.87. The third-order valence-corrected chi connectivity index (χ3v) is 7.04. The Morgan fingerprint density at radius 2 is 1.84 bits per heavy atom. The van der Waals surface area contributed by atoms with Crippen molar-refractivity contribution in [2.75, 3.05) is 0 Å². The summed E-state index contributed by atoms with van der Waals surface area (Å²) in [6, 6.07) is 5.12. The Labute approximate surface area is 120 Å². The largest absolute Gasteiger partial charge is 0.309 e. The average molecular weight is 275 g/mol. The molecule has 0 radical (unpaired) electrons. The smallest absolute Gasteiger partial charge is 0.0302 e. The Balaban J connectivity index is 1.45. The summed E-state index contributed by atoms with van der Waals surface area (Å²) in [5.74, 6) is 3.20. The van der Waals surface area contributed by atoms with E-state index >= 15 is 0 Å². The molecule has 4 aliphatic carbocycles. The van der Waals surface area contributed by atoms with Gasteiger partial charge in [-0.3, -0.25) is 0 Å². The topological polar surface area (TPSA) is 12.0 Å². The molecular weight excluding hydrogens is 250 g/mol. The molecular formula is C17H25NS. The van der Waals surface area contributed by atoms with E-state index in [0.29, 0.717) is 11.5 Å². The third-order valence-electron chi connectivity index (χ3n) is 6.17. The molecule has 19 heavy (non-hydrogen) atoms. The second-order valence-corrected chi connectivity index (χ2v) is 8.49. The van der Waals surface area contributed by atoms with Crippen LogP contribution in [0.25, 0.3) is 0 Å². The molecule has 0 spiro atoms. The van der Waals surface area contributed by atoms with Crippen molar-refractivity contribution in [2.45, 2.75) is 58.0 Å². The van der Waals surface area contributed by atoms with Gasteiger partial charge in [-0.1, -0.05) is 6.07 Å². The second kappa shape index (κ2) is 4.60. The van der Waals surface area contributed by atoms with Crippen molar-refractivity contribution in [1.29, 1.82) is 0 Å². The maximum Gasteiger partial charge on any atom is 0.0302 e. The number of hydrogen-bond donors (Lipinski definition) is 1. The van der Waals surface area contributed by atoms with E-state index in [0.717, 1.165) is 24.3 Å². The van der Waals surface area contributed by atoms with E-state index in [1.165, 1.54) is 24.1 Å². The van der Waals surface area contributed by atoms with E-state index < -0.39 is 0 Å². The van der Waals surface area contributed by atoms with Crippen LogP contribution < -0.4 is 5.32 Å². The van der Waals surface area contributed by atoms with Gasteiger partial charge in [0.2, 0.25) is 0 Å². The van der Waals surface area contributed by atoms with Crippen LogP contribution in [-0.2, 0) is 6.54 Å². The van der Waals surface area contributed by atoms with E-state index in [2.05, 4.69) is 29.8 Å². The molecule has 5 rings (SSSR count). The van der Waals surface area contributed by atoms with Gasteiger partial charge < -0.3 is 5.32 Å². The van der Waals surface area contributed by atoms with Gasteiger partial charge >= 0.3 is 0 Å². The molecule has 4 fully saturated rings. The van der Waals surface area contributed by atoms with Gasteiger partial charge in [0.15, 0.2) is 0 Å². The van der Waals surface area contributed by atoms with Crippen LogP contribution in [0.4, 0.5) is 0 Å². The van der Waals surface area contributed by atoms with Crippen LogP contribution >= 0.6 is 11.3 Å². The third kappa shape index (κ3) is 2.17. The minimum absolute atomic E-state index is 0.645. The van der Waals surface area contributed by atoms with Gasteiger partial charge in [0.1, 0.15) is 0 Å². The highest BCUT2D eigenvalue weighted by molar-refractivity contribution is 7.09. The zero-order chi connectivity index (χ0) is 12.9. The van der Waals surface area contributed by atoms with Crippen LogP contribution in [0.5, 0.6) is 0 Å². The van der Waals surface area contributed by atoms with Crippen molar-refractivity contribution in [2.24, 2.45) is 23.2 Å². The van der Waals surface area contributed by atoms with Crippen molar-refractivity contribution in [3.8, 4) is 0 Å². The lowest BCUT2D eigenvalue weighted by atomic mass is 9.48. The fourth-order valence-electron chi connectivity index (χ4n) is 5.59. The van der Waals surface area contributed by atoms with Crippen molar-refractivity contribution in [3.63, 3.8) is 0 Å². The SMILES string of the molecule is C[C@H](NCc1cccs1)C12CC3CC(CC(C3)C1)C2. The molecule has 0 amide bonds. The quantitative estimate of drug-likeness (QED) is 0.856. The lowest BCUT2D eigenvalue weighted by Crippen LogP contribution is -2.54. The highest BCUT2D eigenvalue weighted by Gasteiger charge is 2.52. The zero-order valence-electron chi connectivity index (χ0n) is 11.9. The fraction of sp³-hybridized carbons (Fsp3) is 0.765. The summed E-state index contributed by atoms with van der Waals surface area (Å²) in [6.07, 6.45) is 9.19. The summed E-state index contributed by atoms with van der Waals surface area (Å²) < 4.78 is 0. The number of nitrogens with one attached hydrogen (secondary N) is 1. The molecule has 4 bridgehead atoms. The van der Waals surface area contributed by atoms with Gasteiger partial charge in [-0.05, 0) is 80.1 Å².